The number of nitrogens with zero attached hydrogens (tertiary/aromatic N) is 2. The molecule has 5 rings (SSSR count). The second kappa shape index (κ2) is 5.84. The maximum Gasteiger partial charge on any atom is 0.240 e. The Morgan fingerprint density at radius 1 is 1.14 bits per heavy atom. The van der Waals surface area contributed by atoms with Gasteiger partial charge >= 0.3 is 0 Å². The van der Waals surface area contributed by atoms with Crippen LogP contribution in [0.15, 0.2) is 48.7 Å². The van der Waals surface area contributed by atoms with E-state index in [9.17, 15) is 9.59 Å². The largest absolute Gasteiger partial charge is 0.497 e. The summed E-state index contributed by atoms with van der Waals surface area (Å²) in [6.45, 7) is 0. The lowest BCUT2D eigenvalue weighted by Gasteiger charge is -2.32. The number of aromatic nitrogens is 2. The molecule has 0 unspecified atom stereocenters. The topological polar surface area (TPSA) is 85.2 Å². The quantitative estimate of drug-likeness (QED) is 0.699. The number of fused-ring (bicyclic) bond motifs is 4. The molecule has 1 spiro atoms. The van der Waals surface area contributed by atoms with Gasteiger partial charge in [-0.1, -0.05) is 17.7 Å². The third-order valence-corrected chi connectivity index (χ3v) is 5.62. The van der Waals surface area contributed by atoms with Crippen LogP contribution in [0.3, 0.4) is 0 Å². The van der Waals surface area contributed by atoms with Gasteiger partial charge in [0.1, 0.15) is 17.0 Å². The van der Waals surface area contributed by atoms with E-state index in [4.69, 9.17) is 16.3 Å². The van der Waals surface area contributed by atoms with Crippen LogP contribution in [-0.2, 0) is 15.0 Å². The standard InChI is InChI=1S/C20H15ClN4O3/c1-28-12-7-5-11(6-8-12)25-18-13(10-22-25)20(9-16(26)24-18)17-14(21)3-2-4-15(17)23-19(20)27/h2-8,10H,9H2,1H3,(H,23,27)(H,24,26)/t20-/m0/s1. The van der Waals surface area contributed by atoms with Crippen molar-refractivity contribution in [3.63, 3.8) is 0 Å². The zero-order valence-corrected chi connectivity index (χ0v) is 15.6. The van der Waals surface area contributed by atoms with Crippen LogP contribution < -0.4 is 15.4 Å². The SMILES string of the molecule is COc1ccc(-n2ncc3c2NC(=O)C[C@]32C(=O)Nc3cccc(Cl)c32)cc1. The van der Waals surface area contributed by atoms with Crippen LogP contribution >= 0.6 is 11.6 Å². The molecule has 0 saturated carbocycles. The van der Waals surface area contributed by atoms with E-state index in [2.05, 4.69) is 15.7 Å². The maximum atomic E-state index is 13.1. The van der Waals surface area contributed by atoms with Crippen molar-refractivity contribution >= 4 is 34.9 Å². The van der Waals surface area contributed by atoms with E-state index in [1.807, 2.05) is 12.1 Å². The molecule has 0 saturated heterocycles. The van der Waals surface area contributed by atoms with E-state index < -0.39 is 5.41 Å². The summed E-state index contributed by atoms with van der Waals surface area (Å²) in [6.07, 6.45) is 1.59. The average Bonchev–Trinajstić information content (AvgIpc) is 3.22. The number of hydrogen-bond acceptors (Lipinski definition) is 4. The Balaban J connectivity index is 1.73. The fraction of sp³-hybridized carbons (Fsp3) is 0.150. The van der Waals surface area contributed by atoms with Crippen molar-refractivity contribution in [2.75, 3.05) is 17.7 Å². The number of amides is 2. The number of carbonyl (C=O) groups excluding carboxylic acids is 2. The highest BCUT2D eigenvalue weighted by atomic mass is 35.5. The molecule has 8 heteroatoms. The Labute approximate surface area is 165 Å². The van der Waals surface area contributed by atoms with E-state index in [-0.39, 0.29) is 18.2 Å². The first kappa shape index (κ1) is 16.8. The van der Waals surface area contributed by atoms with Gasteiger partial charge in [-0.05, 0) is 36.4 Å². The molecule has 0 aliphatic carbocycles. The highest BCUT2D eigenvalue weighted by Gasteiger charge is 2.55. The van der Waals surface area contributed by atoms with Gasteiger partial charge in [0.15, 0.2) is 0 Å². The molecule has 1 atom stereocenters. The molecule has 0 bridgehead atoms. The Morgan fingerprint density at radius 2 is 1.93 bits per heavy atom. The molecule has 2 aromatic carbocycles. The fourth-order valence-corrected chi connectivity index (χ4v) is 4.38. The van der Waals surface area contributed by atoms with Gasteiger partial charge < -0.3 is 15.4 Å². The van der Waals surface area contributed by atoms with Crippen LogP contribution in [0.25, 0.3) is 5.69 Å². The molecule has 3 heterocycles. The minimum absolute atomic E-state index is 0.0309. The summed E-state index contributed by atoms with van der Waals surface area (Å²) in [5.41, 5.74) is 1.39. The van der Waals surface area contributed by atoms with Gasteiger partial charge in [-0.2, -0.15) is 5.10 Å². The first-order chi connectivity index (χ1) is 13.5. The molecular weight excluding hydrogens is 380 g/mol. The lowest BCUT2D eigenvalue weighted by Crippen LogP contribution is -2.43. The van der Waals surface area contributed by atoms with E-state index in [0.717, 1.165) is 5.69 Å². The predicted octanol–water partition coefficient (Wildman–Crippen LogP) is 3.11. The zero-order valence-electron chi connectivity index (χ0n) is 14.8. The van der Waals surface area contributed by atoms with Gasteiger partial charge in [0.25, 0.3) is 0 Å². The number of rotatable bonds is 2. The molecule has 2 aliphatic heterocycles. The van der Waals surface area contributed by atoms with E-state index in [0.29, 0.717) is 33.4 Å². The summed E-state index contributed by atoms with van der Waals surface area (Å²) >= 11 is 6.46. The number of methoxy groups -OCH3 is 1. The van der Waals surface area contributed by atoms with Gasteiger partial charge in [-0.15, -0.1) is 0 Å². The van der Waals surface area contributed by atoms with Crippen LogP contribution in [0.5, 0.6) is 5.75 Å². The fourth-order valence-electron chi connectivity index (χ4n) is 4.04. The van der Waals surface area contributed by atoms with E-state index >= 15 is 0 Å². The van der Waals surface area contributed by atoms with Gasteiger partial charge in [0.2, 0.25) is 11.8 Å². The number of anilines is 2. The lowest BCUT2D eigenvalue weighted by molar-refractivity contribution is -0.125. The number of hydrogen-bond donors (Lipinski definition) is 2. The number of halogens is 1. The van der Waals surface area contributed by atoms with Crippen molar-refractivity contribution in [2.45, 2.75) is 11.8 Å². The second-order valence-electron chi connectivity index (χ2n) is 6.76. The first-order valence-electron chi connectivity index (χ1n) is 8.68. The monoisotopic (exact) mass is 394 g/mol. The first-order valence-corrected chi connectivity index (χ1v) is 9.05. The second-order valence-corrected chi connectivity index (χ2v) is 7.17. The number of benzene rings is 2. The molecular formula is C20H15ClN4O3. The summed E-state index contributed by atoms with van der Waals surface area (Å²) < 4.78 is 6.80. The normalized spacial score (nSPS) is 19.8. The number of nitrogens with one attached hydrogen (secondary N) is 2. The average molecular weight is 395 g/mol. The van der Waals surface area contributed by atoms with Gasteiger partial charge in [0.05, 0.1) is 19.0 Å². The highest BCUT2D eigenvalue weighted by molar-refractivity contribution is 6.33. The molecule has 0 fully saturated rings. The molecule has 3 aromatic rings. The Morgan fingerprint density at radius 3 is 2.68 bits per heavy atom. The highest BCUT2D eigenvalue weighted by Crippen LogP contribution is 2.52. The molecule has 7 nitrogen and oxygen atoms in total. The molecule has 140 valence electrons. The third-order valence-electron chi connectivity index (χ3n) is 5.31. The van der Waals surface area contributed by atoms with Gasteiger partial charge in [-0.3, -0.25) is 9.59 Å². The van der Waals surface area contributed by atoms with Crippen molar-refractivity contribution in [3.05, 3.63) is 64.8 Å². The summed E-state index contributed by atoms with van der Waals surface area (Å²) in [4.78, 5) is 25.7. The molecule has 2 amide bonds. The van der Waals surface area contributed by atoms with Crippen LogP contribution in [0.2, 0.25) is 5.02 Å². The molecule has 0 radical (unpaired) electrons. The van der Waals surface area contributed by atoms with Gasteiger partial charge in [0, 0.05) is 28.3 Å². The van der Waals surface area contributed by atoms with Crippen LogP contribution in [0.1, 0.15) is 17.5 Å². The Kier molecular flexibility index (Phi) is 3.51. The van der Waals surface area contributed by atoms with Crippen molar-refractivity contribution in [1.82, 2.24) is 9.78 Å². The molecule has 2 N–H and O–H groups in total. The minimum Gasteiger partial charge on any atom is -0.497 e. The Hall–Kier alpha value is -3.32. The van der Waals surface area contributed by atoms with Crippen LogP contribution in [0, 0.1) is 0 Å². The summed E-state index contributed by atoms with van der Waals surface area (Å²) in [5, 5.41) is 10.6. The minimum atomic E-state index is -1.20. The lowest BCUT2D eigenvalue weighted by atomic mass is 9.72. The molecule has 1 aromatic heterocycles. The summed E-state index contributed by atoms with van der Waals surface area (Å²) in [5.74, 6) is 0.622. The van der Waals surface area contributed by atoms with Gasteiger partial charge in [-0.25, -0.2) is 4.68 Å². The molecule has 2 aliphatic rings. The van der Waals surface area contributed by atoms with E-state index in [1.54, 1.807) is 48.3 Å². The van der Waals surface area contributed by atoms with Crippen molar-refractivity contribution < 1.29 is 14.3 Å². The maximum absolute atomic E-state index is 13.1. The van der Waals surface area contributed by atoms with Crippen molar-refractivity contribution in [2.24, 2.45) is 0 Å². The smallest absolute Gasteiger partial charge is 0.240 e. The third kappa shape index (κ3) is 2.13. The van der Waals surface area contributed by atoms with Crippen LogP contribution in [-0.4, -0.2) is 28.7 Å². The zero-order chi connectivity index (χ0) is 19.5. The number of ether oxygens (including phenoxy) is 1. The number of carbonyl (C=O) groups is 2. The van der Waals surface area contributed by atoms with Crippen LogP contribution in [0.4, 0.5) is 11.5 Å². The Bertz CT molecular complexity index is 1140. The van der Waals surface area contributed by atoms with Crippen molar-refractivity contribution in [1.29, 1.82) is 0 Å². The molecule has 28 heavy (non-hydrogen) atoms. The predicted molar refractivity (Wildman–Crippen MR) is 104 cm³/mol. The summed E-state index contributed by atoms with van der Waals surface area (Å²) in [6, 6.07) is 12.5. The van der Waals surface area contributed by atoms with E-state index in [1.165, 1.54) is 0 Å². The van der Waals surface area contributed by atoms with Crippen molar-refractivity contribution in [3.8, 4) is 11.4 Å². The summed E-state index contributed by atoms with van der Waals surface area (Å²) in [7, 11) is 1.59.